The fraction of sp³-hybridized carbons (Fsp3) is 0.395. The molecule has 0 aliphatic heterocycles. The zero-order chi connectivity index (χ0) is 42.6. The number of benzene rings is 3. The summed E-state index contributed by atoms with van der Waals surface area (Å²) in [6.07, 6.45) is 5.55. The summed E-state index contributed by atoms with van der Waals surface area (Å²) in [7, 11) is 5.46. The number of aromatic amines is 1. The van der Waals surface area contributed by atoms with E-state index in [2.05, 4.69) is 43.3 Å². The number of anilines is 1. The summed E-state index contributed by atoms with van der Waals surface area (Å²) in [5.41, 5.74) is 5.36. The third-order valence-electron chi connectivity index (χ3n) is 11.0. The average Bonchev–Trinajstić information content (AvgIpc) is 3.85. The SMILES string of the molecule is CCOC(=O)C(C(C)C)n1cc2c(n1)c(=O)[nH]c1cc(COc3c(-c4c(C)c(F)cc5c4cnn5PI)c(C4CC4)cc4c(N(C)C)nc(OCC(C)OC)nc34)ccc12. The molecule has 0 spiro atoms. The Labute approximate surface area is 360 Å². The number of nitrogens with zero attached hydrogens (tertiary/aromatic N) is 7. The second-order valence-corrected chi connectivity index (χ2v) is 17.8. The highest BCUT2D eigenvalue weighted by Crippen LogP contribution is 2.53. The number of hydrogen-bond acceptors (Lipinski definition) is 11. The zero-order valence-corrected chi connectivity index (χ0v) is 37.9. The molecule has 1 aliphatic carbocycles. The van der Waals surface area contributed by atoms with Crippen molar-refractivity contribution in [2.75, 3.05) is 39.3 Å². The van der Waals surface area contributed by atoms with Crippen LogP contribution in [0.1, 0.15) is 69.2 Å². The van der Waals surface area contributed by atoms with E-state index >= 15 is 4.39 Å². The highest BCUT2D eigenvalue weighted by molar-refractivity contribution is 14.2. The Hall–Kier alpha value is -4.93. The minimum Gasteiger partial charge on any atom is -0.486 e. The van der Waals surface area contributed by atoms with Crippen molar-refractivity contribution in [2.45, 2.75) is 72.1 Å². The van der Waals surface area contributed by atoms with Gasteiger partial charge in [-0.15, -0.1) is 0 Å². The summed E-state index contributed by atoms with van der Waals surface area (Å²) in [4.78, 5) is 41.2. The summed E-state index contributed by atoms with van der Waals surface area (Å²) >= 11 is 2.25. The lowest BCUT2D eigenvalue weighted by atomic mass is 9.88. The molecule has 0 saturated heterocycles. The number of nitrogens with one attached hydrogen (secondary N) is 1. The maximum Gasteiger partial charge on any atom is 0.331 e. The average molecular weight is 949 g/mol. The van der Waals surface area contributed by atoms with Crippen LogP contribution in [0.2, 0.25) is 0 Å². The largest absolute Gasteiger partial charge is 0.486 e. The van der Waals surface area contributed by atoms with E-state index in [1.807, 2.05) is 62.4 Å². The number of rotatable bonds is 15. The molecular weight excluding hydrogens is 901 g/mol. The van der Waals surface area contributed by atoms with Gasteiger partial charge in [-0.05, 0) is 96.3 Å². The van der Waals surface area contributed by atoms with Gasteiger partial charge in [0.15, 0.2) is 17.3 Å². The topological polar surface area (TPSA) is 152 Å². The fourth-order valence-corrected chi connectivity index (χ4v) is 9.33. The Morgan fingerprint density at radius 2 is 1.83 bits per heavy atom. The first-order valence-electron chi connectivity index (χ1n) is 19.9. The monoisotopic (exact) mass is 948 g/mol. The van der Waals surface area contributed by atoms with Crippen LogP contribution in [0, 0.1) is 18.7 Å². The maximum atomic E-state index is 16.1. The van der Waals surface area contributed by atoms with Gasteiger partial charge in [0.05, 0.1) is 30.8 Å². The molecule has 1 aliphatic rings. The smallest absolute Gasteiger partial charge is 0.331 e. The van der Waals surface area contributed by atoms with E-state index < -0.39 is 12.0 Å². The molecule has 60 heavy (non-hydrogen) atoms. The number of fused-ring (bicyclic) bond motifs is 5. The van der Waals surface area contributed by atoms with Crippen molar-refractivity contribution >= 4 is 83.8 Å². The lowest BCUT2D eigenvalue weighted by molar-refractivity contribution is -0.148. The van der Waals surface area contributed by atoms with Crippen LogP contribution >= 0.6 is 28.4 Å². The van der Waals surface area contributed by atoms with Crippen molar-refractivity contribution in [1.82, 2.24) is 34.3 Å². The van der Waals surface area contributed by atoms with Gasteiger partial charge in [0, 0.05) is 71.7 Å². The number of halogens is 2. The van der Waals surface area contributed by atoms with Crippen molar-refractivity contribution in [3.05, 3.63) is 75.6 Å². The van der Waals surface area contributed by atoms with E-state index in [0.717, 1.165) is 45.7 Å². The number of methoxy groups -OCH3 is 1. The summed E-state index contributed by atoms with van der Waals surface area (Å²) in [5.74, 6) is 0.455. The molecule has 4 heterocycles. The number of pyridine rings is 1. The first-order valence-corrected chi connectivity index (χ1v) is 24.0. The van der Waals surface area contributed by atoms with Crippen LogP contribution in [-0.4, -0.2) is 80.8 Å². The number of ether oxygens (including phenoxy) is 4. The molecule has 4 aromatic heterocycles. The molecule has 1 fully saturated rings. The highest BCUT2D eigenvalue weighted by Gasteiger charge is 2.34. The Balaban J connectivity index is 1.31. The van der Waals surface area contributed by atoms with E-state index in [1.54, 1.807) is 39.4 Å². The minimum absolute atomic E-state index is 0.0773. The minimum atomic E-state index is -0.694. The summed E-state index contributed by atoms with van der Waals surface area (Å²) in [6.45, 7) is 9.82. The predicted octanol–water partition coefficient (Wildman–Crippen LogP) is 8.77. The van der Waals surface area contributed by atoms with Crippen molar-refractivity contribution in [3.63, 3.8) is 0 Å². The van der Waals surface area contributed by atoms with Crippen LogP contribution in [0.4, 0.5) is 10.2 Å². The van der Waals surface area contributed by atoms with Gasteiger partial charge in [-0.3, -0.25) is 9.48 Å². The van der Waals surface area contributed by atoms with Gasteiger partial charge in [-0.2, -0.15) is 20.2 Å². The molecule has 0 radical (unpaired) electrons. The van der Waals surface area contributed by atoms with Crippen LogP contribution in [0.5, 0.6) is 11.8 Å². The molecule has 314 valence electrons. The van der Waals surface area contributed by atoms with E-state index in [4.69, 9.17) is 28.9 Å². The number of H-pyrrole nitrogens is 1. The van der Waals surface area contributed by atoms with Gasteiger partial charge in [0.1, 0.15) is 30.4 Å². The maximum absolute atomic E-state index is 16.1. The lowest BCUT2D eigenvalue weighted by Crippen LogP contribution is -2.27. The molecule has 3 unspecified atom stereocenters. The van der Waals surface area contributed by atoms with Crippen LogP contribution < -0.4 is 19.9 Å². The number of carbonyl (C=O) groups excluding carboxylic acids is 1. The van der Waals surface area contributed by atoms with Crippen molar-refractivity contribution < 1.29 is 28.1 Å². The third kappa shape index (κ3) is 7.66. The van der Waals surface area contributed by atoms with Gasteiger partial charge < -0.3 is 28.8 Å². The molecular formula is C43H47FIN8O6P. The summed E-state index contributed by atoms with van der Waals surface area (Å²) < 4.78 is 43.4. The Bertz CT molecular complexity index is 2860. The number of hydrogen-bond donors (Lipinski definition) is 1. The van der Waals surface area contributed by atoms with Gasteiger partial charge in [-0.1, -0.05) is 26.0 Å². The van der Waals surface area contributed by atoms with E-state index in [9.17, 15) is 9.59 Å². The third-order valence-corrected chi connectivity index (χ3v) is 12.9. The quantitative estimate of drug-likeness (QED) is 0.0597. The zero-order valence-electron chi connectivity index (χ0n) is 34.7. The van der Waals surface area contributed by atoms with Gasteiger partial charge in [0.2, 0.25) is 0 Å². The normalized spacial score (nSPS) is 14.3. The fourth-order valence-electron chi connectivity index (χ4n) is 7.80. The molecule has 17 heteroatoms. The van der Waals surface area contributed by atoms with E-state index in [-0.39, 0.29) is 67.0 Å². The van der Waals surface area contributed by atoms with Gasteiger partial charge in [0.25, 0.3) is 5.56 Å². The Kier molecular flexibility index (Phi) is 11.7. The molecule has 7 aromatic rings. The second-order valence-electron chi connectivity index (χ2n) is 15.8. The van der Waals surface area contributed by atoms with Crippen LogP contribution in [0.3, 0.4) is 0 Å². The first kappa shape index (κ1) is 41.8. The van der Waals surface area contributed by atoms with E-state index in [0.29, 0.717) is 44.6 Å². The molecule has 3 atom stereocenters. The lowest BCUT2D eigenvalue weighted by Gasteiger charge is -2.23. The second kappa shape index (κ2) is 16.8. The highest BCUT2D eigenvalue weighted by atomic mass is 127. The van der Waals surface area contributed by atoms with Crippen molar-refractivity contribution in [3.8, 4) is 22.9 Å². The first-order chi connectivity index (χ1) is 28.8. The number of aromatic nitrogens is 7. The standard InChI is InChI=1S/C43H47FIN8O6P/c1-9-57-42(55)38(21(2)3)52-18-30-26-13-10-24(14-32(26)47-41(54)37(30)50-52)20-58-39-35(34-23(5)31(44)16-33-29(34)17-46-53(33)60-45)27(25-11-12-25)15-28-36(39)48-43(49-40(28)51(6)7)59-19-22(4)56-8/h10,13-18,21-22,25,38,60H,9,11-12,19-20H2,1-8H3,(H,47,54). The number of esters is 1. The van der Waals surface area contributed by atoms with Crippen molar-refractivity contribution in [2.24, 2.45) is 5.92 Å². The molecule has 3 aromatic carbocycles. The molecule has 1 saturated carbocycles. The van der Waals surface area contributed by atoms with Gasteiger partial charge in [-0.25, -0.2) is 13.6 Å². The summed E-state index contributed by atoms with van der Waals surface area (Å²) in [6, 6.07) is 8.88. The van der Waals surface area contributed by atoms with E-state index in [1.165, 1.54) is 4.68 Å². The summed E-state index contributed by atoms with van der Waals surface area (Å²) in [5, 5.41) is 12.2. The Morgan fingerprint density at radius 3 is 2.52 bits per heavy atom. The Morgan fingerprint density at radius 1 is 1.05 bits per heavy atom. The molecule has 14 nitrogen and oxygen atoms in total. The van der Waals surface area contributed by atoms with Crippen LogP contribution in [-0.2, 0) is 20.9 Å². The predicted molar refractivity (Wildman–Crippen MR) is 242 cm³/mol. The molecule has 0 bridgehead atoms. The van der Waals surface area contributed by atoms with Crippen LogP contribution in [0.15, 0.2) is 47.5 Å². The number of carbonyl (C=O) groups is 1. The van der Waals surface area contributed by atoms with Crippen LogP contribution in [0.25, 0.3) is 54.7 Å². The molecule has 1 N–H and O–H groups in total. The van der Waals surface area contributed by atoms with Gasteiger partial charge >= 0.3 is 12.0 Å². The molecule has 8 rings (SSSR count). The van der Waals surface area contributed by atoms with Crippen molar-refractivity contribution in [1.29, 1.82) is 0 Å². The molecule has 0 amide bonds.